The lowest BCUT2D eigenvalue weighted by molar-refractivity contribution is -0.122. The number of methoxy groups -OCH3 is 2. The van der Waals surface area contributed by atoms with Crippen molar-refractivity contribution < 1.29 is 27.4 Å². The van der Waals surface area contributed by atoms with E-state index in [2.05, 4.69) is 10.0 Å². The van der Waals surface area contributed by atoms with E-state index in [0.717, 1.165) is 11.1 Å². The second-order valence-corrected chi connectivity index (χ2v) is 9.71. The molecule has 1 amide bonds. The van der Waals surface area contributed by atoms with Gasteiger partial charge in [0.1, 0.15) is 11.8 Å². The Labute approximate surface area is 212 Å². The summed E-state index contributed by atoms with van der Waals surface area (Å²) in [4.78, 5) is 13.2. The summed E-state index contributed by atoms with van der Waals surface area (Å²) in [7, 11) is -0.815. The SMILES string of the molecule is CCOc1ccc(S(=O)(=O)N[C@@H](Cc2ccccc2)C(=O)NCCc2ccc(OC)c(OC)c2)cc1. The highest BCUT2D eigenvalue weighted by molar-refractivity contribution is 7.89. The zero-order valence-electron chi connectivity index (χ0n) is 20.7. The van der Waals surface area contributed by atoms with E-state index in [1.54, 1.807) is 32.4 Å². The average molecular weight is 513 g/mol. The highest BCUT2D eigenvalue weighted by atomic mass is 32.2. The standard InChI is InChI=1S/C27H32N2O6S/c1-4-35-22-11-13-23(14-12-22)36(31,32)29-24(18-20-8-6-5-7-9-20)27(30)28-17-16-21-10-15-25(33-2)26(19-21)34-3/h5-15,19,24,29H,4,16-18H2,1-3H3,(H,28,30)/t24-/m0/s1. The molecule has 192 valence electrons. The summed E-state index contributed by atoms with van der Waals surface area (Å²) in [5.74, 6) is 1.39. The van der Waals surface area contributed by atoms with Crippen LogP contribution in [0.15, 0.2) is 77.7 Å². The van der Waals surface area contributed by atoms with Crippen molar-refractivity contribution in [2.75, 3.05) is 27.4 Å². The summed E-state index contributed by atoms with van der Waals surface area (Å²) < 4.78 is 44.7. The molecule has 0 bridgehead atoms. The first-order chi connectivity index (χ1) is 17.4. The van der Waals surface area contributed by atoms with E-state index in [-0.39, 0.29) is 11.3 Å². The van der Waals surface area contributed by atoms with Crippen LogP contribution in [0.3, 0.4) is 0 Å². The number of sulfonamides is 1. The molecule has 0 saturated carbocycles. The molecule has 1 atom stereocenters. The van der Waals surface area contributed by atoms with Crippen LogP contribution in [0, 0.1) is 0 Å². The van der Waals surface area contributed by atoms with Gasteiger partial charge in [-0.15, -0.1) is 0 Å². The van der Waals surface area contributed by atoms with Crippen LogP contribution in [0.5, 0.6) is 17.2 Å². The minimum Gasteiger partial charge on any atom is -0.494 e. The molecule has 0 unspecified atom stereocenters. The maximum absolute atomic E-state index is 13.1. The lowest BCUT2D eigenvalue weighted by atomic mass is 10.1. The molecule has 0 aromatic heterocycles. The molecule has 0 aliphatic heterocycles. The molecule has 2 N–H and O–H groups in total. The Kier molecular flexibility index (Phi) is 9.72. The fraction of sp³-hybridized carbons (Fsp3) is 0.296. The van der Waals surface area contributed by atoms with Gasteiger partial charge in [-0.05, 0) is 67.3 Å². The molecular formula is C27H32N2O6S. The van der Waals surface area contributed by atoms with E-state index < -0.39 is 22.0 Å². The number of nitrogens with one attached hydrogen (secondary N) is 2. The Morgan fingerprint density at radius 1 is 0.889 bits per heavy atom. The van der Waals surface area contributed by atoms with Gasteiger partial charge in [-0.3, -0.25) is 4.79 Å². The Morgan fingerprint density at radius 2 is 1.58 bits per heavy atom. The van der Waals surface area contributed by atoms with E-state index in [9.17, 15) is 13.2 Å². The second kappa shape index (κ2) is 12.9. The molecule has 3 aromatic rings. The van der Waals surface area contributed by atoms with Crippen molar-refractivity contribution in [3.05, 3.63) is 83.9 Å². The van der Waals surface area contributed by atoms with Gasteiger partial charge in [0, 0.05) is 6.54 Å². The van der Waals surface area contributed by atoms with Crippen LogP contribution >= 0.6 is 0 Å². The smallest absolute Gasteiger partial charge is 0.241 e. The second-order valence-electron chi connectivity index (χ2n) is 8.00. The summed E-state index contributed by atoms with van der Waals surface area (Å²) in [5.41, 5.74) is 1.79. The minimum absolute atomic E-state index is 0.0575. The van der Waals surface area contributed by atoms with Crippen molar-refractivity contribution in [3.8, 4) is 17.2 Å². The van der Waals surface area contributed by atoms with Crippen LogP contribution in [0.4, 0.5) is 0 Å². The van der Waals surface area contributed by atoms with E-state index in [1.807, 2.05) is 49.4 Å². The quantitative estimate of drug-likeness (QED) is 0.364. The highest BCUT2D eigenvalue weighted by Crippen LogP contribution is 2.27. The molecule has 0 saturated heterocycles. The van der Waals surface area contributed by atoms with Crippen LogP contribution in [-0.4, -0.2) is 47.7 Å². The topological polar surface area (TPSA) is 103 Å². The molecule has 0 spiro atoms. The lowest BCUT2D eigenvalue weighted by Crippen LogP contribution is -2.48. The highest BCUT2D eigenvalue weighted by Gasteiger charge is 2.26. The first-order valence-corrected chi connectivity index (χ1v) is 13.1. The lowest BCUT2D eigenvalue weighted by Gasteiger charge is -2.19. The van der Waals surface area contributed by atoms with E-state index in [0.29, 0.717) is 36.8 Å². The van der Waals surface area contributed by atoms with Crippen molar-refractivity contribution >= 4 is 15.9 Å². The predicted molar refractivity (Wildman–Crippen MR) is 138 cm³/mol. The third kappa shape index (κ3) is 7.47. The molecule has 0 fully saturated rings. The Hall–Kier alpha value is -3.56. The number of rotatable bonds is 13. The van der Waals surface area contributed by atoms with Crippen LogP contribution in [0.2, 0.25) is 0 Å². The van der Waals surface area contributed by atoms with E-state index >= 15 is 0 Å². The van der Waals surface area contributed by atoms with Crippen molar-refractivity contribution in [2.45, 2.75) is 30.7 Å². The average Bonchev–Trinajstić information content (AvgIpc) is 2.89. The monoisotopic (exact) mass is 512 g/mol. The molecule has 0 radical (unpaired) electrons. The maximum Gasteiger partial charge on any atom is 0.241 e. The van der Waals surface area contributed by atoms with Gasteiger partial charge in [-0.25, -0.2) is 8.42 Å². The van der Waals surface area contributed by atoms with Gasteiger partial charge in [-0.2, -0.15) is 4.72 Å². The summed E-state index contributed by atoms with van der Waals surface area (Å²) in [6, 6.07) is 19.9. The third-order valence-electron chi connectivity index (χ3n) is 5.50. The molecular weight excluding hydrogens is 480 g/mol. The fourth-order valence-corrected chi connectivity index (χ4v) is 4.86. The summed E-state index contributed by atoms with van der Waals surface area (Å²) >= 11 is 0. The van der Waals surface area contributed by atoms with Gasteiger partial charge >= 0.3 is 0 Å². The van der Waals surface area contributed by atoms with Gasteiger partial charge in [0.05, 0.1) is 25.7 Å². The van der Waals surface area contributed by atoms with Crippen molar-refractivity contribution in [3.63, 3.8) is 0 Å². The first-order valence-electron chi connectivity index (χ1n) is 11.6. The van der Waals surface area contributed by atoms with Crippen LogP contribution in [0.1, 0.15) is 18.1 Å². The number of ether oxygens (including phenoxy) is 3. The zero-order valence-corrected chi connectivity index (χ0v) is 21.5. The van der Waals surface area contributed by atoms with Gasteiger partial charge in [0.15, 0.2) is 11.5 Å². The molecule has 36 heavy (non-hydrogen) atoms. The molecule has 0 aliphatic rings. The van der Waals surface area contributed by atoms with Gasteiger partial charge in [-0.1, -0.05) is 36.4 Å². The van der Waals surface area contributed by atoms with Crippen LogP contribution in [0.25, 0.3) is 0 Å². The predicted octanol–water partition coefficient (Wildman–Crippen LogP) is 3.35. The summed E-state index contributed by atoms with van der Waals surface area (Å²) in [6.07, 6.45) is 0.745. The zero-order chi connectivity index (χ0) is 26.0. The molecule has 0 heterocycles. The normalized spacial score (nSPS) is 12.0. The summed E-state index contributed by atoms with van der Waals surface area (Å²) in [5, 5.41) is 2.86. The van der Waals surface area contributed by atoms with Crippen molar-refractivity contribution in [1.29, 1.82) is 0 Å². The number of benzene rings is 3. The number of carbonyl (C=O) groups is 1. The maximum atomic E-state index is 13.1. The third-order valence-corrected chi connectivity index (χ3v) is 6.99. The van der Waals surface area contributed by atoms with Gasteiger partial charge in [0.25, 0.3) is 0 Å². The summed E-state index contributed by atoms with van der Waals surface area (Å²) in [6.45, 7) is 2.65. The molecule has 3 rings (SSSR count). The largest absolute Gasteiger partial charge is 0.494 e. The number of carbonyl (C=O) groups excluding carboxylic acids is 1. The number of hydrogen-bond acceptors (Lipinski definition) is 6. The van der Waals surface area contributed by atoms with Gasteiger partial charge < -0.3 is 19.5 Å². The van der Waals surface area contributed by atoms with E-state index in [1.165, 1.54) is 12.1 Å². The molecule has 8 nitrogen and oxygen atoms in total. The van der Waals surface area contributed by atoms with E-state index in [4.69, 9.17) is 14.2 Å². The van der Waals surface area contributed by atoms with Crippen molar-refractivity contribution in [1.82, 2.24) is 10.0 Å². The Balaban J connectivity index is 1.71. The Morgan fingerprint density at radius 3 is 2.22 bits per heavy atom. The first kappa shape index (κ1) is 27.0. The van der Waals surface area contributed by atoms with Crippen molar-refractivity contribution in [2.24, 2.45) is 0 Å². The van der Waals surface area contributed by atoms with Gasteiger partial charge in [0.2, 0.25) is 15.9 Å². The molecule has 9 heteroatoms. The van der Waals surface area contributed by atoms with Crippen LogP contribution < -0.4 is 24.2 Å². The molecule has 3 aromatic carbocycles. The van der Waals surface area contributed by atoms with Crippen LogP contribution in [-0.2, 0) is 27.7 Å². The number of hydrogen-bond donors (Lipinski definition) is 2. The molecule has 0 aliphatic carbocycles. The minimum atomic E-state index is -3.95. The fourth-order valence-electron chi connectivity index (χ4n) is 3.66. The Bertz CT molecular complexity index is 1230. The number of amides is 1.